The Bertz CT molecular complexity index is 385. The molecule has 1 aromatic rings. The first-order valence-electron chi connectivity index (χ1n) is 5.80. The molecule has 0 radical (unpaired) electrons. The molecule has 1 aliphatic carbocycles. The molecule has 1 aromatic heterocycles. The first-order chi connectivity index (χ1) is 7.72. The molecule has 0 saturated heterocycles. The molecule has 0 bridgehead atoms. The third-order valence-corrected chi connectivity index (χ3v) is 2.81. The average molecular weight is 219 g/mol. The van der Waals surface area contributed by atoms with Gasteiger partial charge in [0.15, 0.2) is 5.78 Å². The van der Waals surface area contributed by atoms with Crippen LogP contribution < -0.4 is 0 Å². The zero-order valence-corrected chi connectivity index (χ0v) is 9.77. The molecule has 0 spiro atoms. The molecule has 1 unspecified atom stereocenters. The van der Waals surface area contributed by atoms with Gasteiger partial charge in [0, 0.05) is 24.6 Å². The summed E-state index contributed by atoms with van der Waals surface area (Å²) >= 11 is 0. The number of hydrogen-bond donors (Lipinski definition) is 0. The molecule has 0 aliphatic heterocycles. The maximum Gasteiger partial charge on any atom is 0.193 e. The number of nitrogens with zero attached hydrogens (tertiary/aromatic N) is 1. The zero-order chi connectivity index (χ0) is 11.5. The van der Waals surface area contributed by atoms with Crippen LogP contribution in [0.25, 0.3) is 0 Å². The Morgan fingerprint density at radius 2 is 2.31 bits per heavy atom. The molecule has 1 fully saturated rings. The Hall–Kier alpha value is -1.22. The van der Waals surface area contributed by atoms with Gasteiger partial charge in [-0.15, -0.1) is 0 Å². The van der Waals surface area contributed by atoms with Gasteiger partial charge in [0.05, 0.1) is 0 Å². The minimum atomic E-state index is -0.256. The van der Waals surface area contributed by atoms with Crippen LogP contribution in [0.1, 0.15) is 35.7 Å². The minimum Gasteiger partial charge on any atom is -0.370 e. The molecule has 1 atom stereocenters. The van der Waals surface area contributed by atoms with Crippen molar-refractivity contribution in [3.63, 3.8) is 0 Å². The summed E-state index contributed by atoms with van der Waals surface area (Å²) in [5, 5.41) is 0. The third-order valence-electron chi connectivity index (χ3n) is 2.81. The van der Waals surface area contributed by atoms with Crippen LogP contribution in [0, 0.1) is 12.8 Å². The zero-order valence-electron chi connectivity index (χ0n) is 9.77. The number of Topliss-reactive ketones (excluding diaryl/α,β-unsaturated/α-hetero) is 1. The van der Waals surface area contributed by atoms with Crippen LogP contribution in [0.5, 0.6) is 0 Å². The summed E-state index contributed by atoms with van der Waals surface area (Å²) in [4.78, 5) is 16.3. The maximum absolute atomic E-state index is 12.2. The van der Waals surface area contributed by atoms with Gasteiger partial charge in [-0.2, -0.15) is 0 Å². The second-order valence-electron chi connectivity index (χ2n) is 4.33. The number of rotatable bonds is 5. The van der Waals surface area contributed by atoms with Crippen LogP contribution in [-0.4, -0.2) is 23.5 Å². The Morgan fingerprint density at radius 3 is 2.88 bits per heavy atom. The average Bonchev–Trinajstić information content (AvgIpc) is 3.09. The Balaban J connectivity index is 2.15. The first-order valence-corrected chi connectivity index (χ1v) is 5.80. The van der Waals surface area contributed by atoms with E-state index in [0.717, 1.165) is 18.4 Å². The highest BCUT2D eigenvalue weighted by atomic mass is 16.5. The van der Waals surface area contributed by atoms with Gasteiger partial charge in [0.2, 0.25) is 0 Å². The molecule has 1 aliphatic rings. The first kappa shape index (κ1) is 11.3. The smallest absolute Gasteiger partial charge is 0.193 e. The number of ether oxygens (including phenoxy) is 1. The summed E-state index contributed by atoms with van der Waals surface area (Å²) in [6.45, 7) is 4.46. The second kappa shape index (κ2) is 4.74. The number of aromatic nitrogens is 1. The molecule has 3 nitrogen and oxygen atoms in total. The van der Waals surface area contributed by atoms with Gasteiger partial charge in [-0.1, -0.05) is 0 Å². The van der Waals surface area contributed by atoms with Gasteiger partial charge in [-0.25, -0.2) is 0 Å². The Kier molecular flexibility index (Phi) is 3.34. The van der Waals surface area contributed by atoms with Gasteiger partial charge in [-0.05, 0) is 44.2 Å². The predicted octanol–water partition coefficient (Wildman–Crippen LogP) is 2.39. The van der Waals surface area contributed by atoms with Crippen molar-refractivity contribution in [2.24, 2.45) is 5.92 Å². The van der Waals surface area contributed by atoms with Gasteiger partial charge < -0.3 is 4.74 Å². The quantitative estimate of drug-likeness (QED) is 0.714. The SMILES string of the molecule is CCOC(C(=O)c1cncc(C)c1)C1CC1. The van der Waals surface area contributed by atoms with E-state index in [2.05, 4.69) is 4.98 Å². The van der Waals surface area contributed by atoms with E-state index in [1.807, 2.05) is 19.9 Å². The number of carbonyl (C=O) groups is 1. The largest absolute Gasteiger partial charge is 0.370 e. The van der Waals surface area contributed by atoms with Crippen molar-refractivity contribution in [3.8, 4) is 0 Å². The van der Waals surface area contributed by atoms with Crippen LogP contribution in [0.4, 0.5) is 0 Å². The summed E-state index contributed by atoms with van der Waals surface area (Å²) < 4.78 is 5.54. The standard InChI is InChI=1S/C13H17NO2/c1-3-16-13(10-4-5-10)12(15)11-6-9(2)7-14-8-11/h6-8,10,13H,3-5H2,1-2H3. The highest BCUT2D eigenvalue weighted by Crippen LogP contribution is 2.35. The van der Waals surface area contributed by atoms with Crippen molar-refractivity contribution in [1.82, 2.24) is 4.98 Å². The molecule has 86 valence electrons. The monoisotopic (exact) mass is 219 g/mol. The lowest BCUT2D eigenvalue weighted by atomic mass is 10.0. The van der Waals surface area contributed by atoms with Crippen LogP contribution in [0.3, 0.4) is 0 Å². The van der Waals surface area contributed by atoms with E-state index in [1.54, 1.807) is 12.4 Å². The van der Waals surface area contributed by atoms with Gasteiger partial charge in [0.25, 0.3) is 0 Å². The molecule has 0 amide bonds. The van der Waals surface area contributed by atoms with Crippen LogP contribution >= 0.6 is 0 Å². The van der Waals surface area contributed by atoms with Crippen LogP contribution in [0.2, 0.25) is 0 Å². The van der Waals surface area contributed by atoms with Gasteiger partial charge in [0.1, 0.15) is 6.10 Å². The molecular formula is C13H17NO2. The molecule has 2 rings (SSSR count). The highest BCUT2D eigenvalue weighted by molar-refractivity contribution is 5.99. The lowest BCUT2D eigenvalue weighted by Crippen LogP contribution is -2.26. The highest BCUT2D eigenvalue weighted by Gasteiger charge is 2.37. The van der Waals surface area contributed by atoms with Crippen molar-refractivity contribution in [2.75, 3.05) is 6.61 Å². The van der Waals surface area contributed by atoms with Crippen molar-refractivity contribution in [3.05, 3.63) is 29.6 Å². The topological polar surface area (TPSA) is 39.2 Å². The van der Waals surface area contributed by atoms with E-state index in [0.29, 0.717) is 18.1 Å². The van der Waals surface area contributed by atoms with Crippen LogP contribution in [-0.2, 0) is 4.74 Å². The number of aryl methyl sites for hydroxylation is 1. The lowest BCUT2D eigenvalue weighted by molar-refractivity contribution is 0.0374. The van der Waals surface area contributed by atoms with E-state index >= 15 is 0 Å². The van der Waals surface area contributed by atoms with Gasteiger partial charge >= 0.3 is 0 Å². The number of hydrogen-bond acceptors (Lipinski definition) is 3. The van der Waals surface area contributed by atoms with Crippen molar-refractivity contribution >= 4 is 5.78 Å². The van der Waals surface area contributed by atoms with Crippen LogP contribution in [0.15, 0.2) is 18.5 Å². The molecule has 16 heavy (non-hydrogen) atoms. The van der Waals surface area contributed by atoms with E-state index in [-0.39, 0.29) is 11.9 Å². The predicted molar refractivity (Wildman–Crippen MR) is 61.4 cm³/mol. The fourth-order valence-electron chi connectivity index (χ4n) is 1.86. The van der Waals surface area contributed by atoms with Gasteiger partial charge in [-0.3, -0.25) is 9.78 Å². The minimum absolute atomic E-state index is 0.0838. The summed E-state index contributed by atoms with van der Waals surface area (Å²) in [6.07, 6.45) is 5.34. The molecule has 3 heteroatoms. The second-order valence-corrected chi connectivity index (χ2v) is 4.33. The van der Waals surface area contributed by atoms with E-state index < -0.39 is 0 Å². The number of pyridine rings is 1. The van der Waals surface area contributed by atoms with E-state index in [1.165, 1.54) is 0 Å². The maximum atomic E-state index is 12.2. The lowest BCUT2D eigenvalue weighted by Gasteiger charge is -2.14. The molecule has 1 heterocycles. The molecule has 1 saturated carbocycles. The van der Waals surface area contributed by atoms with E-state index in [9.17, 15) is 4.79 Å². The number of ketones is 1. The summed E-state index contributed by atoms with van der Waals surface area (Å²) in [6, 6.07) is 1.88. The summed E-state index contributed by atoms with van der Waals surface area (Å²) in [5.41, 5.74) is 1.68. The fraction of sp³-hybridized carbons (Fsp3) is 0.538. The number of carbonyl (C=O) groups excluding carboxylic acids is 1. The molecule has 0 aromatic carbocycles. The summed E-state index contributed by atoms with van der Waals surface area (Å²) in [5.74, 6) is 0.508. The fourth-order valence-corrected chi connectivity index (χ4v) is 1.86. The molecule has 0 N–H and O–H groups in total. The van der Waals surface area contributed by atoms with Crippen molar-refractivity contribution < 1.29 is 9.53 Å². The van der Waals surface area contributed by atoms with Crippen molar-refractivity contribution in [2.45, 2.75) is 32.8 Å². The third kappa shape index (κ3) is 2.47. The van der Waals surface area contributed by atoms with E-state index in [4.69, 9.17) is 4.74 Å². The Morgan fingerprint density at radius 1 is 1.56 bits per heavy atom. The summed E-state index contributed by atoms with van der Waals surface area (Å²) in [7, 11) is 0. The molecular weight excluding hydrogens is 202 g/mol. The van der Waals surface area contributed by atoms with Crippen molar-refractivity contribution in [1.29, 1.82) is 0 Å². The Labute approximate surface area is 95.8 Å². The normalized spacial score (nSPS) is 17.1.